The first-order valence-corrected chi connectivity index (χ1v) is 13.9. The Labute approximate surface area is 230 Å². The fourth-order valence-electron chi connectivity index (χ4n) is 5.01. The van der Waals surface area contributed by atoms with Gasteiger partial charge in [0, 0.05) is 19.0 Å². The predicted octanol–water partition coefficient (Wildman–Crippen LogP) is 2.84. The van der Waals surface area contributed by atoms with Crippen LogP contribution in [0.5, 0.6) is 11.5 Å². The number of fused-ring (bicyclic) bond motifs is 1. The molecule has 0 radical (unpaired) electrons. The summed E-state index contributed by atoms with van der Waals surface area (Å²) in [7, 11) is 0. The number of phenolic OH excluding ortho intramolecular Hbond substituents is 1. The highest BCUT2D eigenvalue weighted by Gasteiger charge is 2.30. The number of nitrogens with zero attached hydrogens (tertiary/aromatic N) is 1. The fourth-order valence-corrected chi connectivity index (χ4v) is 5.01. The van der Waals surface area contributed by atoms with E-state index in [0.717, 1.165) is 64.1 Å². The number of rotatable bonds is 15. The fraction of sp³-hybridized carbons (Fsp3) is 0.419. The molecule has 8 nitrogen and oxygen atoms in total. The molecule has 4 rings (SSSR count). The number of aryl methyl sites for hydroxylation is 1. The van der Waals surface area contributed by atoms with Crippen LogP contribution >= 0.6 is 0 Å². The largest absolute Gasteiger partial charge is 0.504 e. The second-order valence-electron chi connectivity index (χ2n) is 10.6. The van der Waals surface area contributed by atoms with Gasteiger partial charge in [0.15, 0.2) is 11.5 Å². The number of aliphatic hydroxyl groups is 1. The second-order valence-corrected chi connectivity index (χ2v) is 10.6. The molecule has 2 aliphatic heterocycles. The minimum absolute atomic E-state index is 0.0523. The molecule has 0 saturated carbocycles. The number of unbranched alkanes of at least 4 members (excludes halogenated alkanes) is 2. The van der Waals surface area contributed by atoms with E-state index < -0.39 is 12.3 Å². The number of aliphatic hydroxyl groups excluding tert-OH is 1. The van der Waals surface area contributed by atoms with Crippen molar-refractivity contribution in [3.05, 3.63) is 82.7 Å². The summed E-state index contributed by atoms with van der Waals surface area (Å²) in [4.78, 5) is 18.0. The lowest BCUT2D eigenvalue weighted by Crippen LogP contribution is -3.07. The monoisotopic (exact) mass is 533 g/mol. The minimum atomic E-state index is -0.561. The third-order valence-electron chi connectivity index (χ3n) is 7.24. The van der Waals surface area contributed by atoms with E-state index in [4.69, 9.17) is 16.2 Å². The van der Waals surface area contributed by atoms with Crippen molar-refractivity contribution in [3.8, 4) is 11.5 Å². The molecule has 2 atom stereocenters. The van der Waals surface area contributed by atoms with E-state index in [-0.39, 0.29) is 18.0 Å². The number of hydrogen-bond donors (Lipinski definition) is 5. The van der Waals surface area contributed by atoms with Gasteiger partial charge in [0.05, 0.1) is 17.8 Å². The van der Waals surface area contributed by atoms with Crippen LogP contribution in [0.1, 0.15) is 68.3 Å². The highest BCUT2D eigenvalue weighted by molar-refractivity contribution is 6.08. The van der Waals surface area contributed by atoms with Crippen LogP contribution in [0.3, 0.4) is 0 Å². The molecule has 0 aromatic heterocycles. The van der Waals surface area contributed by atoms with Crippen molar-refractivity contribution in [2.24, 2.45) is 16.5 Å². The summed E-state index contributed by atoms with van der Waals surface area (Å²) in [6.45, 7) is 3.16. The highest BCUT2D eigenvalue weighted by atomic mass is 16.5. The van der Waals surface area contributed by atoms with Crippen molar-refractivity contribution in [3.63, 3.8) is 0 Å². The van der Waals surface area contributed by atoms with Gasteiger partial charge >= 0.3 is 0 Å². The smallest absolute Gasteiger partial charge is 0.227 e. The molecular weight excluding hydrogens is 492 g/mol. The summed E-state index contributed by atoms with van der Waals surface area (Å²) in [5.74, 6) is 0.519. The minimum Gasteiger partial charge on any atom is -0.504 e. The number of benzene rings is 2. The number of nitrogens with one attached hydrogen (secondary N) is 1. The third-order valence-corrected chi connectivity index (χ3v) is 7.24. The number of aliphatic imine (C=N–C) groups is 1. The molecular formula is C31H41N4O4+. The number of phenols is 1. The number of Topliss-reactive ketones (excluding diaryl/α,β-unsaturated/α-hetero) is 1. The van der Waals surface area contributed by atoms with Crippen molar-refractivity contribution in [2.75, 3.05) is 13.3 Å². The van der Waals surface area contributed by atoms with E-state index in [0.29, 0.717) is 38.3 Å². The first-order chi connectivity index (χ1) is 18.8. The van der Waals surface area contributed by atoms with Crippen LogP contribution in [-0.4, -0.2) is 41.1 Å². The lowest BCUT2D eigenvalue weighted by atomic mass is 9.98. The van der Waals surface area contributed by atoms with Gasteiger partial charge in [-0.3, -0.25) is 14.7 Å². The molecule has 0 aliphatic carbocycles. The zero-order chi connectivity index (χ0) is 27.8. The maximum atomic E-state index is 12.3. The lowest BCUT2D eigenvalue weighted by molar-refractivity contribution is -0.851. The van der Waals surface area contributed by atoms with E-state index >= 15 is 0 Å². The van der Waals surface area contributed by atoms with E-state index in [1.807, 2.05) is 24.4 Å². The maximum absolute atomic E-state index is 12.3. The number of ketones is 1. The average molecular weight is 534 g/mol. The van der Waals surface area contributed by atoms with Crippen LogP contribution in [0.4, 0.5) is 0 Å². The average Bonchev–Trinajstić information content (AvgIpc) is 3.49. The SMILES string of the molecule is CCCCCC(O)CC(=O)CCc1ccc(O)c(OC[NH+]2C=C3C(Cc4cccc(C(N)N)c4)=CN=C3C2)c1. The molecule has 208 valence electrons. The van der Waals surface area contributed by atoms with Crippen LogP contribution < -0.4 is 21.1 Å². The molecule has 0 fully saturated rings. The molecule has 39 heavy (non-hydrogen) atoms. The number of hydrogen-bond acceptors (Lipinski definition) is 7. The van der Waals surface area contributed by atoms with E-state index in [1.165, 1.54) is 0 Å². The van der Waals surface area contributed by atoms with Gasteiger partial charge in [-0.1, -0.05) is 56.5 Å². The summed E-state index contributed by atoms with van der Waals surface area (Å²) in [5.41, 5.74) is 17.9. The van der Waals surface area contributed by atoms with Crippen molar-refractivity contribution in [1.82, 2.24) is 0 Å². The van der Waals surface area contributed by atoms with Crippen molar-refractivity contribution in [2.45, 2.75) is 70.6 Å². The Hall–Kier alpha value is -3.30. The first kappa shape index (κ1) is 28.7. The van der Waals surface area contributed by atoms with E-state index in [9.17, 15) is 15.0 Å². The van der Waals surface area contributed by atoms with Crippen molar-refractivity contribution < 1.29 is 24.6 Å². The number of carbonyl (C=O) groups is 1. The summed E-state index contributed by atoms with van der Waals surface area (Å²) in [6.07, 6.45) is 8.61. The zero-order valence-electron chi connectivity index (χ0n) is 22.7. The maximum Gasteiger partial charge on any atom is 0.227 e. The quantitative estimate of drug-likeness (QED) is 0.176. The molecule has 0 spiro atoms. The van der Waals surface area contributed by atoms with Gasteiger partial charge in [-0.15, -0.1) is 0 Å². The van der Waals surface area contributed by atoms with Gasteiger partial charge in [0.25, 0.3) is 0 Å². The molecule has 8 heteroatoms. The normalized spacial score (nSPS) is 17.1. The molecule has 2 aliphatic rings. The molecule has 2 unspecified atom stereocenters. The molecule has 2 heterocycles. The molecule has 0 amide bonds. The number of ether oxygens (including phenoxy) is 1. The summed E-state index contributed by atoms with van der Waals surface area (Å²) in [5, 5.41) is 20.4. The molecule has 2 aromatic carbocycles. The third kappa shape index (κ3) is 8.10. The van der Waals surface area contributed by atoms with Crippen LogP contribution in [0, 0.1) is 0 Å². The van der Waals surface area contributed by atoms with Crippen LogP contribution in [0.15, 0.2) is 71.0 Å². The number of aromatic hydroxyl groups is 1. The van der Waals surface area contributed by atoms with Crippen molar-refractivity contribution in [1.29, 1.82) is 0 Å². The van der Waals surface area contributed by atoms with Gasteiger partial charge in [0.1, 0.15) is 24.2 Å². The molecule has 0 bridgehead atoms. The van der Waals surface area contributed by atoms with Gasteiger partial charge in [-0.2, -0.15) is 0 Å². The number of allylic oxidation sites excluding steroid dienone is 1. The number of quaternary nitrogens is 1. The van der Waals surface area contributed by atoms with E-state index in [1.54, 1.807) is 18.2 Å². The number of nitrogens with two attached hydrogens (primary N) is 2. The Morgan fingerprint density at radius 3 is 2.79 bits per heavy atom. The van der Waals surface area contributed by atoms with Crippen LogP contribution in [-0.2, 0) is 17.6 Å². The number of carbonyl (C=O) groups excluding carboxylic acids is 1. The standard InChI is InChI=1S/C31H40N4O4/c1-2-3-4-8-25(36)16-26(37)11-9-21-10-12-29(38)30(15-21)39-20-35-18-27-24(17-34-28(27)19-35)14-22-6-5-7-23(13-22)31(32)33/h5-7,10,12-13,15,17-18,25,31,36,38H,2-4,8-9,11,14,16,19-20,32-33H2,1H3/p+1. The Bertz CT molecular complexity index is 1250. The molecule has 2 aromatic rings. The summed E-state index contributed by atoms with van der Waals surface area (Å²) in [6, 6.07) is 13.2. The van der Waals surface area contributed by atoms with Crippen LogP contribution in [0.2, 0.25) is 0 Å². The topological polar surface area (TPSA) is 136 Å². The van der Waals surface area contributed by atoms with Gasteiger partial charge in [-0.25, -0.2) is 0 Å². The van der Waals surface area contributed by atoms with Gasteiger partial charge < -0.3 is 26.4 Å². The Kier molecular flexibility index (Phi) is 10.1. The predicted molar refractivity (Wildman–Crippen MR) is 152 cm³/mol. The zero-order valence-corrected chi connectivity index (χ0v) is 22.7. The summed E-state index contributed by atoms with van der Waals surface area (Å²) < 4.78 is 5.99. The lowest BCUT2D eigenvalue weighted by Gasteiger charge is -2.13. The highest BCUT2D eigenvalue weighted by Crippen LogP contribution is 2.28. The molecule has 0 saturated heterocycles. The summed E-state index contributed by atoms with van der Waals surface area (Å²) >= 11 is 0. The second kappa shape index (κ2) is 13.7. The van der Waals surface area contributed by atoms with E-state index in [2.05, 4.69) is 24.2 Å². The molecule has 7 N–H and O–H groups in total. The Morgan fingerprint density at radius 2 is 2.00 bits per heavy atom. The van der Waals surface area contributed by atoms with Crippen molar-refractivity contribution >= 4 is 11.5 Å². The Balaban J connectivity index is 1.28. The van der Waals surface area contributed by atoms with Gasteiger partial charge in [0.2, 0.25) is 6.73 Å². The Morgan fingerprint density at radius 1 is 1.15 bits per heavy atom. The van der Waals surface area contributed by atoms with Crippen LogP contribution in [0.25, 0.3) is 0 Å². The first-order valence-electron chi connectivity index (χ1n) is 13.9. The van der Waals surface area contributed by atoms with Gasteiger partial charge in [-0.05, 0) is 53.7 Å².